The fraction of sp³-hybridized carbons (Fsp3) is 0.167. The molecule has 112 valence electrons. The summed E-state index contributed by atoms with van der Waals surface area (Å²) in [6.45, 7) is 0. The minimum Gasteiger partial charge on any atom is -0.375 e. The molecule has 9 heteroatoms. The van der Waals surface area contributed by atoms with E-state index in [9.17, 15) is 13.2 Å². The first-order chi connectivity index (χ1) is 9.80. The summed E-state index contributed by atoms with van der Waals surface area (Å²) in [5.74, 6) is -0.442. The summed E-state index contributed by atoms with van der Waals surface area (Å²) in [4.78, 5) is 15.9. The largest absolute Gasteiger partial charge is 0.375 e. The van der Waals surface area contributed by atoms with Crippen molar-refractivity contribution >= 4 is 38.1 Å². The number of thiazole rings is 1. The number of hydrogen-bond donors (Lipinski definition) is 2. The molecule has 1 amide bonds. The highest BCUT2D eigenvalue weighted by molar-refractivity contribution is 7.89. The van der Waals surface area contributed by atoms with Gasteiger partial charge in [0.2, 0.25) is 10.0 Å². The smallest absolute Gasteiger partial charge is 0.275 e. The lowest BCUT2D eigenvalue weighted by Crippen LogP contribution is -2.22. The molecule has 0 bridgehead atoms. The van der Waals surface area contributed by atoms with E-state index in [1.54, 1.807) is 12.1 Å². The van der Waals surface area contributed by atoms with Gasteiger partial charge in [0.25, 0.3) is 5.91 Å². The van der Waals surface area contributed by atoms with Crippen molar-refractivity contribution in [3.05, 3.63) is 35.3 Å². The van der Waals surface area contributed by atoms with Crippen LogP contribution in [0.1, 0.15) is 10.5 Å². The highest BCUT2D eigenvalue weighted by Gasteiger charge is 2.18. The molecule has 0 radical (unpaired) electrons. The Morgan fingerprint density at radius 2 is 2.10 bits per heavy atom. The van der Waals surface area contributed by atoms with E-state index in [2.05, 4.69) is 10.3 Å². The van der Waals surface area contributed by atoms with Crippen molar-refractivity contribution in [2.24, 2.45) is 0 Å². The number of benzene rings is 1. The first-order valence-corrected chi connectivity index (χ1v) is 8.17. The topological polar surface area (TPSA) is 105 Å². The predicted octanol–water partition coefficient (Wildman–Crippen LogP) is 1.23. The first kappa shape index (κ1) is 15.4. The van der Waals surface area contributed by atoms with Crippen molar-refractivity contribution < 1.29 is 13.2 Å². The van der Waals surface area contributed by atoms with Gasteiger partial charge in [0.15, 0.2) is 5.13 Å². The van der Waals surface area contributed by atoms with Crippen LogP contribution in [-0.4, -0.2) is 37.7 Å². The minimum absolute atomic E-state index is 0.100. The van der Waals surface area contributed by atoms with Crippen LogP contribution in [0.4, 0.5) is 10.8 Å². The van der Waals surface area contributed by atoms with Gasteiger partial charge in [0.05, 0.1) is 4.90 Å². The van der Waals surface area contributed by atoms with E-state index in [0.717, 1.165) is 15.6 Å². The Morgan fingerprint density at radius 3 is 2.67 bits per heavy atom. The molecule has 0 aliphatic rings. The molecule has 1 heterocycles. The molecule has 3 N–H and O–H groups in total. The Labute approximate surface area is 126 Å². The summed E-state index contributed by atoms with van der Waals surface area (Å²) >= 11 is 1.16. The maximum Gasteiger partial charge on any atom is 0.275 e. The van der Waals surface area contributed by atoms with Crippen molar-refractivity contribution in [3.8, 4) is 0 Å². The number of nitrogens with two attached hydrogens (primary N) is 1. The van der Waals surface area contributed by atoms with Gasteiger partial charge in [0.1, 0.15) is 5.69 Å². The third-order valence-electron chi connectivity index (χ3n) is 2.63. The molecule has 0 spiro atoms. The molecule has 21 heavy (non-hydrogen) atoms. The molecular weight excluding hydrogens is 312 g/mol. The van der Waals surface area contributed by atoms with E-state index in [-0.39, 0.29) is 10.6 Å². The Bertz CT molecular complexity index is 768. The van der Waals surface area contributed by atoms with E-state index < -0.39 is 15.9 Å². The van der Waals surface area contributed by atoms with Gasteiger partial charge in [-0.25, -0.2) is 17.7 Å². The Hall–Kier alpha value is -1.97. The number of nitrogens with one attached hydrogen (secondary N) is 1. The second-order valence-corrected chi connectivity index (χ2v) is 7.38. The number of amides is 1. The van der Waals surface area contributed by atoms with Crippen molar-refractivity contribution in [1.29, 1.82) is 0 Å². The zero-order chi connectivity index (χ0) is 15.6. The zero-order valence-electron chi connectivity index (χ0n) is 11.4. The number of nitrogens with zero attached hydrogens (tertiary/aromatic N) is 2. The summed E-state index contributed by atoms with van der Waals surface area (Å²) in [5.41, 5.74) is 6.03. The molecule has 0 atom stereocenters. The minimum atomic E-state index is -3.55. The number of carbonyl (C=O) groups is 1. The Balaban J connectivity index is 2.25. The maximum atomic E-state index is 12.0. The van der Waals surface area contributed by atoms with Crippen LogP contribution in [0, 0.1) is 0 Å². The van der Waals surface area contributed by atoms with Gasteiger partial charge < -0.3 is 11.1 Å². The number of hydrogen-bond acceptors (Lipinski definition) is 6. The van der Waals surface area contributed by atoms with E-state index in [4.69, 9.17) is 5.73 Å². The molecule has 2 rings (SSSR count). The average Bonchev–Trinajstić information content (AvgIpc) is 2.85. The molecule has 1 aromatic carbocycles. The quantitative estimate of drug-likeness (QED) is 0.879. The van der Waals surface area contributed by atoms with Crippen LogP contribution in [0.15, 0.2) is 34.5 Å². The number of sulfonamides is 1. The Kier molecular flexibility index (Phi) is 4.26. The third kappa shape index (κ3) is 3.38. The van der Waals surface area contributed by atoms with Gasteiger partial charge in [-0.05, 0) is 18.2 Å². The van der Waals surface area contributed by atoms with Gasteiger partial charge in [0, 0.05) is 25.2 Å². The van der Waals surface area contributed by atoms with E-state index >= 15 is 0 Å². The second kappa shape index (κ2) is 5.80. The lowest BCUT2D eigenvalue weighted by atomic mass is 10.3. The van der Waals surface area contributed by atoms with Crippen molar-refractivity contribution in [3.63, 3.8) is 0 Å². The molecule has 0 fully saturated rings. The molecule has 2 aromatic rings. The molecule has 0 saturated carbocycles. The highest BCUT2D eigenvalue weighted by atomic mass is 32.2. The summed E-state index contributed by atoms with van der Waals surface area (Å²) in [5, 5.41) is 4.42. The lowest BCUT2D eigenvalue weighted by Gasteiger charge is -2.12. The van der Waals surface area contributed by atoms with Crippen LogP contribution in [0.2, 0.25) is 0 Å². The molecule has 0 unspecified atom stereocenters. The van der Waals surface area contributed by atoms with Crippen molar-refractivity contribution in [2.45, 2.75) is 4.90 Å². The van der Waals surface area contributed by atoms with Crippen LogP contribution < -0.4 is 11.1 Å². The van der Waals surface area contributed by atoms with Gasteiger partial charge in [-0.15, -0.1) is 11.3 Å². The van der Waals surface area contributed by atoms with Crippen LogP contribution in [0.25, 0.3) is 0 Å². The number of aromatic nitrogens is 1. The normalized spacial score (nSPS) is 11.6. The summed E-state index contributed by atoms with van der Waals surface area (Å²) in [6.07, 6.45) is 0. The molecule has 0 aliphatic heterocycles. The molecule has 0 saturated heterocycles. The average molecular weight is 326 g/mol. The van der Waals surface area contributed by atoms with Gasteiger partial charge in [-0.1, -0.05) is 6.07 Å². The summed E-state index contributed by atoms with van der Waals surface area (Å²) < 4.78 is 25.2. The van der Waals surface area contributed by atoms with E-state index in [1.807, 2.05) is 0 Å². The molecule has 7 nitrogen and oxygen atoms in total. The van der Waals surface area contributed by atoms with Crippen molar-refractivity contribution in [2.75, 3.05) is 25.1 Å². The fourth-order valence-electron chi connectivity index (χ4n) is 1.53. The van der Waals surface area contributed by atoms with Crippen LogP contribution in [0.5, 0.6) is 0 Å². The van der Waals surface area contributed by atoms with Gasteiger partial charge >= 0.3 is 0 Å². The van der Waals surface area contributed by atoms with Gasteiger partial charge in [-0.3, -0.25) is 4.79 Å². The maximum absolute atomic E-state index is 12.0. The lowest BCUT2D eigenvalue weighted by molar-refractivity contribution is 0.102. The first-order valence-electron chi connectivity index (χ1n) is 5.85. The summed E-state index contributed by atoms with van der Waals surface area (Å²) in [6, 6.07) is 6.01. The SMILES string of the molecule is CN(C)S(=O)(=O)c1cccc(NC(=O)c2csc(N)n2)c1. The standard InChI is InChI=1S/C12H14N4O3S2/c1-16(2)21(18,19)9-5-3-4-8(6-9)14-11(17)10-7-20-12(13)15-10/h3-7H,1-2H3,(H2,13,15)(H,14,17). The Morgan fingerprint density at radius 1 is 1.38 bits per heavy atom. The zero-order valence-corrected chi connectivity index (χ0v) is 13.0. The number of rotatable bonds is 4. The van der Waals surface area contributed by atoms with E-state index in [0.29, 0.717) is 10.8 Å². The summed E-state index contributed by atoms with van der Waals surface area (Å²) in [7, 11) is -0.661. The molecule has 0 aliphatic carbocycles. The fourth-order valence-corrected chi connectivity index (χ4v) is 3.02. The third-order valence-corrected chi connectivity index (χ3v) is 5.11. The number of carbonyl (C=O) groups excluding carboxylic acids is 1. The van der Waals surface area contributed by atoms with Crippen molar-refractivity contribution in [1.82, 2.24) is 9.29 Å². The second-order valence-electron chi connectivity index (χ2n) is 4.34. The number of anilines is 2. The van der Waals surface area contributed by atoms with Crippen LogP contribution in [-0.2, 0) is 10.0 Å². The predicted molar refractivity (Wildman–Crippen MR) is 81.8 cm³/mol. The van der Waals surface area contributed by atoms with E-state index in [1.165, 1.54) is 31.6 Å². The van der Waals surface area contributed by atoms with Crippen LogP contribution in [0.3, 0.4) is 0 Å². The van der Waals surface area contributed by atoms with Crippen LogP contribution >= 0.6 is 11.3 Å². The molecule has 1 aromatic heterocycles. The number of nitrogen functional groups attached to an aromatic ring is 1. The highest BCUT2D eigenvalue weighted by Crippen LogP contribution is 2.19. The monoisotopic (exact) mass is 326 g/mol. The molecular formula is C12H14N4O3S2. The van der Waals surface area contributed by atoms with Gasteiger partial charge in [-0.2, -0.15) is 0 Å².